The van der Waals surface area contributed by atoms with E-state index in [9.17, 15) is 48.3 Å². The molecule has 2 aliphatic rings. The van der Waals surface area contributed by atoms with Crippen molar-refractivity contribution in [1.82, 2.24) is 0 Å². The van der Waals surface area contributed by atoms with Crippen LogP contribution in [0.4, 0.5) is 48.3 Å². The first-order chi connectivity index (χ1) is 55.3. The van der Waals surface area contributed by atoms with Crippen LogP contribution in [0.25, 0.3) is 111 Å². The molecule has 2 aliphatic heterocycles. The molecule has 0 radical (unpaired) electrons. The Bertz CT molecular complexity index is 5750. The van der Waals surface area contributed by atoms with Gasteiger partial charge in [-0.15, -0.1) is 0 Å². The third-order valence-corrected chi connectivity index (χ3v) is 21.4. The van der Waals surface area contributed by atoms with E-state index in [1.54, 1.807) is 105 Å². The van der Waals surface area contributed by atoms with Gasteiger partial charge in [0.25, 0.3) is 0 Å². The van der Waals surface area contributed by atoms with E-state index in [1.807, 2.05) is 161 Å². The van der Waals surface area contributed by atoms with Crippen LogP contribution < -0.4 is 0 Å². The summed E-state index contributed by atoms with van der Waals surface area (Å²) < 4.78 is 172. The summed E-state index contributed by atoms with van der Waals surface area (Å²) in [5.41, 5.74) is 15.9. The van der Waals surface area contributed by atoms with Gasteiger partial charge in [0.2, 0.25) is 0 Å². The van der Waals surface area contributed by atoms with Gasteiger partial charge in [-0.1, -0.05) is 291 Å². The highest BCUT2D eigenvalue weighted by molar-refractivity contribution is 5.79. The zero-order valence-electron chi connectivity index (χ0n) is 65.0. The van der Waals surface area contributed by atoms with Crippen LogP contribution in [0.15, 0.2) is 273 Å². The monoisotopic (exact) mass is 1550 g/mol. The molecule has 2 nitrogen and oxygen atoms in total. The third kappa shape index (κ3) is 18.9. The number of halogens is 11. The minimum Gasteiger partial charge on any atom is -0.373 e. The molecule has 0 aromatic heterocycles. The SMILES string of the molecule is Cc1ccc(-c2ccc(-c3ccc(-c4ccc(C)c(F)c4)c(F)c3F)cc2)cc1.Cc1ccc(-c2ccc(-c3ccc(-c4ccc(C)cc4)c(F)c3F)cc2F)cc1.Cc1ccc(-c2ccc(-c3ccc(C4CCC(C)CO4)cc3)c(F)c2F)cc1.Cc1ccc(-c2ccc(-c3ccc(C4CCC(C)CO4)cc3)c(F)c2F)cc1F. The quantitative estimate of drug-likeness (QED) is 0.114. The number of ether oxygens (including phenoxy) is 2. The fourth-order valence-corrected chi connectivity index (χ4v) is 14.3. The van der Waals surface area contributed by atoms with Gasteiger partial charge in [-0.05, 0) is 181 Å². The predicted molar refractivity (Wildman–Crippen MR) is 442 cm³/mol. The van der Waals surface area contributed by atoms with E-state index in [2.05, 4.69) is 13.8 Å². The van der Waals surface area contributed by atoms with E-state index >= 15 is 0 Å². The minimum atomic E-state index is -0.981. The van der Waals surface area contributed by atoms with Crippen molar-refractivity contribution in [2.75, 3.05) is 13.2 Å². The van der Waals surface area contributed by atoms with Gasteiger partial charge >= 0.3 is 0 Å². The van der Waals surface area contributed by atoms with Gasteiger partial charge in [-0.25, -0.2) is 48.3 Å². The summed E-state index contributed by atoms with van der Waals surface area (Å²) in [5, 5.41) is 0. The fourth-order valence-electron chi connectivity index (χ4n) is 14.3. The van der Waals surface area contributed by atoms with Crippen LogP contribution in [0.2, 0.25) is 0 Å². The molecule has 4 atom stereocenters. The predicted octanol–water partition coefficient (Wildman–Crippen LogP) is 29.8. The molecule has 0 spiro atoms. The number of hydrogen-bond donors (Lipinski definition) is 0. The first-order valence-electron chi connectivity index (χ1n) is 38.4. The highest BCUT2D eigenvalue weighted by Crippen LogP contribution is 2.41. The average molecular weight is 1550 g/mol. The maximum atomic E-state index is 14.8. The van der Waals surface area contributed by atoms with Crippen LogP contribution in [0.3, 0.4) is 0 Å². The van der Waals surface area contributed by atoms with Gasteiger partial charge in [-0.3, -0.25) is 0 Å². The van der Waals surface area contributed by atoms with E-state index in [-0.39, 0.29) is 56.7 Å². The Balaban J connectivity index is 0.000000134. The van der Waals surface area contributed by atoms with Crippen LogP contribution in [0, 0.1) is 117 Å². The molecule has 14 aromatic carbocycles. The zero-order chi connectivity index (χ0) is 81.3. The number of rotatable bonds is 12. The molecule has 0 saturated carbocycles. The van der Waals surface area contributed by atoms with Crippen molar-refractivity contribution in [1.29, 1.82) is 0 Å². The second-order valence-electron chi connectivity index (χ2n) is 30.1. The van der Waals surface area contributed by atoms with E-state index in [0.717, 1.165) is 83.4 Å². The van der Waals surface area contributed by atoms with E-state index in [4.69, 9.17) is 9.47 Å². The molecule has 0 aliphatic carbocycles. The Morgan fingerprint density at radius 1 is 0.209 bits per heavy atom. The average Bonchev–Trinajstić information content (AvgIpc) is 0.787. The summed E-state index contributed by atoms with van der Waals surface area (Å²) >= 11 is 0. The molecule has 2 fully saturated rings. The first kappa shape index (κ1) is 81.3. The molecular formula is C102H85F11O2. The lowest BCUT2D eigenvalue weighted by atomic mass is 9.94. The second kappa shape index (κ2) is 36.2. The first-order valence-corrected chi connectivity index (χ1v) is 38.4. The Labute approximate surface area is 665 Å². The molecule has 2 heterocycles. The van der Waals surface area contributed by atoms with Crippen LogP contribution in [0.5, 0.6) is 0 Å². The maximum absolute atomic E-state index is 14.8. The summed E-state index contributed by atoms with van der Waals surface area (Å²) in [7, 11) is 0. The number of benzene rings is 14. The summed E-state index contributed by atoms with van der Waals surface area (Å²) in [6.45, 7) is 17.0. The van der Waals surface area contributed by atoms with E-state index < -0.39 is 64.0 Å². The Kier molecular flexibility index (Phi) is 25.5. The van der Waals surface area contributed by atoms with Gasteiger partial charge in [0.05, 0.1) is 12.2 Å². The lowest BCUT2D eigenvalue weighted by molar-refractivity contribution is -0.0124. The largest absolute Gasteiger partial charge is 0.373 e. The maximum Gasteiger partial charge on any atom is 0.167 e. The lowest BCUT2D eigenvalue weighted by Gasteiger charge is -2.27. The summed E-state index contributed by atoms with van der Waals surface area (Å²) in [6, 6.07) is 78.2. The molecule has 14 aromatic rings. The molecule has 582 valence electrons. The molecule has 16 rings (SSSR count). The van der Waals surface area contributed by atoms with E-state index in [1.165, 1.54) is 54.1 Å². The molecule has 2 saturated heterocycles. The van der Waals surface area contributed by atoms with Crippen molar-refractivity contribution < 1.29 is 57.8 Å². The third-order valence-electron chi connectivity index (χ3n) is 21.4. The Morgan fingerprint density at radius 2 is 0.409 bits per heavy atom. The normalized spacial score (nSPS) is 15.2. The van der Waals surface area contributed by atoms with Crippen LogP contribution in [0.1, 0.15) is 96.2 Å². The van der Waals surface area contributed by atoms with Crippen molar-refractivity contribution >= 4 is 0 Å². The van der Waals surface area contributed by atoms with Gasteiger partial charge in [0, 0.05) is 63.3 Å². The van der Waals surface area contributed by atoms with Gasteiger partial charge in [0.15, 0.2) is 46.5 Å². The highest BCUT2D eigenvalue weighted by atomic mass is 19.2. The van der Waals surface area contributed by atoms with E-state index in [0.29, 0.717) is 73.0 Å². The van der Waals surface area contributed by atoms with Crippen molar-refractivity contribution in [3.63, 3.8) is 0 Å². The molecule has 0 bridgehead atoms. The van der Waals surface area contributed by atoms with Crippen molar-refractivity contribution in [2.45, 2.75) is 93.3 Å². The minimum absolute atomic E-state index is 0.0349. The molecule has 13 heteroatoms. The summed E-state index contributed by atoms with van der Waals surface area (Å²) in [6.07, 6.45) is 4.37. The van der Waals surface area contributed by atoms with Gasteiger partial charge in [0.1, 0.15) is 17.5 Å². The van der Waals surface area contributed by atoms with Gasteiger partial charge in [-0.2, -0.15) is 0 Å². The molecular weight excluding hydrogens is 1470 g/mol. The molecule has 4 unspecified atom stereocenters. The Hall–Kier alpha value is -11.8. The lowest BCUT2D eigenvalue weighted by Crippen LogP contribution is -2.18. The molecule has 0 N–H and O–H groups in total. The zero-order valence-corrected chi connectivity index (χ0v) is 65.0. The standard InChI is InChI=1S/2C26H19F3.C25H23F3O.C25H24F2O/c1-16-3-7-18(8-4-16)21-12-11-20(15-24(21)27)23-14-13-22(25(28)26(23)29)19-9-5-17(2)6-10-19;1-16-3-6-18(7-4-16)19-9-11-20(12-10-19)22-13-14-23(26(29)25(22)28)21-8-5-17(2)24(27)15-21;1-15-3-12-23(29-14-15)18-8-6-17(7-9-18)20-10-11-21(25(28)24(20)27)19-5-4-16(2)22(26)13-19;1-16-3-6-18(7-4-16)21-12-13-22(25(27)24(21)26)19-8-10-20(11-9-19)23-14-5-17(2)15-28-23/h2*3-15H,1-2H3;4-11,13,15,23H,3,12,14H2,1-2H3;3-4,6-13,17,23H,5,14-15H2,1-2H3. The highest BCUT2D eigenvalue weighted by Gasteiger charge is 2.26. The topological polar surface area (TPSA) is 18.5 Å². The van der Waals surface area contributed by atoms with Crippen molar-refractivity contribution in [3.8, 4) is 111 Å². The Morgan fingerprint density at radius 3 is 0.661 bits per heavy atom. The van der Waals surface area contributed by atoms with Crippen molar-refractivity contribution in [3.05, 3.63) is 381 Å². The number of hydrogen-bond acceptors (Lipinski definition) is 2. The fraction of sp³-hybridized carbons (Fsp3) is 0.176. The summed E-state index contributed by atoms with van der Waals surface area (Å²) in [4.78, 5) is 0. The smallest absolute Gasteiger partial charge is 0.167 e. The van der Waals surface area contributed by atoms with Crippen molar-refractivity contribution in [2.24, 2.45) is 11.8 Å². The van der Waals surface area contributed by atoms with Crippen LogP contribution in [-0.4, -0.2) is 13.2 Å². The molecule has 115 heavy (non-hydrogen) atoms. The molecule has 0 amide bonds. The van der Waals surface area contributed by atoms with Crippen LogP contribution in [-0.2, 0) is 9.47 Å². The number of aryl methyl sites for hydroxylation is 6. The van der Waals surface area contributed by atoms with Gasteiger partial charge < -0.3 is 9.47 Å². The summed E-state index contributed by atoms with van der Waals surface area (Å²) in [5.74, 6) is -7.56. The second-order valence-corrected chi connectivity index (χ2v) is 30.1. The van der Waals surface area contributed by atoms with Crippen LogP contribution >= 0.6 is 0 Å².